The molecule has 2 rings (SSSR count). The highest BCUT2D eigenvalue weighted by Crippen LogP contribution is 2.32. The van der Waals surface area contributed by atoms with Crippen LogP contribution in [0.25, 0.3) is 0 Å². The van der Waals surface area contributed by atoms with Crippen LogP contribution in [-0.4, -0.2) is 48.4 Å². The lowest BCUT2D eigenvalue weighted by Gasteiger charge is -2.34. The zero-order chi connectivity index (χ0) is 17.2. The maximum Gasteiger partial charge on any atom is 0.414 e. The molecule has 0 saturated carbocycles. The Balaban J connectivity index is 2.01. The SMILES string of the molecule is COc1cc(C(=O)N2CCC(C(O)C(F)(F)F)CC2)ccc1C. The Bertz CT molecular complexity index is 566. The van der Waals surface area contributed by atoms with Crippen LogP contribution in [0.3, 0.4) is 0 Å². The van der Waals surface area contributed by atoms with Crippen molar-refractivity contribution < 1.29 is 27.8 Å². The van der Waals surface area contributed by atoms with Crippen molar-refractivity contribution >= 4 is 5.91 Å². The van der Waals surface area contributed by atoms with E-state index >= 15 is 0 Å². The topological polar surface area (TPSA) is 49.8 Å². The summed E-state index contributed by atoms with van der Waals surface area (Å²) >= 11 is 0. The molecule has 0 spiro atoms. The lowest BCUT2D eigenvalue weighted by atomic mass is 9.90. The minimum absolute atomic E-state index is 0.134. The summed E-state index contributed by atoms with van der Waals surface area (Å²) in [7, 11) is 1.51. The molecule has 1 aromatic carbocycles. The fourth-order valence-electron chi connectivity index (χ4n) is 2.82. The maximum atomic E-state index is 12.5. The minimum Gasteiger partial charge on any atom is -0.496 e. The summed E-state index contributed by atoms with van der Waals surface area (Å²) < 4.78 is 42.8. The molecule has 4 nitrogen and oxygen atoms in total. The number of ether oxygens (including phenoxy) is 1. The Morgan fingerprint density at radius 3 is 2.48 bits per heavy atom. The van der Waals surface area contributed by atoms with Crippen LogP contribution in [-0.2, 0) is 0 Å². The first kappa shape index (κ1) is 17.6. The van der Waals surface area contributed by atoms with Crippen LogP contribution >= 0.6 is 0 Å². The van der Waals surface area contributed by atoms with Gasteiger partial charge in [0.1, 0.15) is 5.75 Å². The zero-order valence-electron chi connectivity index (χ0n) is 13.1. The van der Waals surface area contributed by atoms with Gasteiger partial charge in [0.15, 0.2) is 6.10 Å². The second-order valence-corrected chi connectivity index (χ2v) is 5.80. The highest BCUT2D eigenvalue weighted by Gasteiger charge is 2.44. The van der Waals surface area contributed by atoms with Crippen LogP contribution in [0, 0.1) is 12.8 Å². The number of alkyl halides is 3. The number of piperidine rings is 1. The molecule has 23 heavy (non-hydrogen) atoms. The standard InChI is InChI=1S/C16H20F3NO3/c1-10-3-4-12(9-13(10)23-2)15(22)20-7-5-11(6-8-20)14(21)16(17,18)19/h3-4,9,11,14,21H,5-8H2,1-2H3. The number of benzene rings is 1. The van der Waals surface area contributed by atoms with Crippen LogP contribution in [0.1, 0.15) is 28.8 Å². The molecule has 1 aliphatic heterocycles. The van der Waals surface area contributed by atoms with E-state index in [1.807, 2.05) is 6.92 Å². The number of nitrogens with zero attached hydrogens (tertiary/aromatic N) is 1. The fourth-order valence-corrected chi connectivity index (χ4v) is 2.82. The van der Waals surface area contributed by atoms with Crippen molar-refractivity contribution in [2.24, 2.45) is 5.92 Å². The monoisotopic (exact) mass is 331 g/mol. The van der Waals surface area contributed by atoms with Gasteiger partial charge in [-0.25, -0.2) is 0 Å². The normalized spacial score (nSPS) is 17.9. The van der Waals surface area contributed by atoms with Gasteiger partial charge in [0.25, 0.3) is 5.91 Å². The van der Waals surface area contributed by atoms with E-state index in [9.17, 15) is 23.1 Å². The number of amides is 1. The molecule has 1 saturated heterocycles. The van der Waals surface area contributed by atoms with Crippen molar-refractivity contribution in [1.29, 1.82) is 0 Å². The van der Waals surface area contributed by atoms with Crippen molar-refractivity contribution in [2.45, 2.75) is 32.0 Å². The number of likely N-dealkylation sites (tertiary alicyclic amines) is 1. The number of hydrogen-bond acceptors (Lipinski definition) is 3. The summed E-state index contributed by atoms with van der Waals surface area (Å²) in [5.74, 6) is -0.493. The summed E-state index contributed by atoms with van der Waals surface area (Å²) in [5.41, 5.74) is 1.35. The fraction of sp³-hybridized carbons (Fsp3) is 0.562. The molecule has 7 heteroatoms. The number of aliphatic hydroxyl groups is 1. The van der Waals surface area contributed by atoms with E-state index in [-0.39, 0.29) is 31.8 Å². The van der Waals surface area contributed by atoms with Crippen LogP contribution in [0.4, 0.5) is 13.2 Å². The Labute approximate surface area is 132 Å². The van der Waals surface area contributed by atoms with E-state index < -0.39 is 18.2 Å². The van der Waals surface area contributed by atoms with Crippen molar-refractivity contribution in [3.8, 4) is 5.75 Å². The van der Waals surface area contributed by atoms with Crippen molar-refractivity contribution in [1.82, 2.24) is 4.90 Å². The van der Waals surface area contributed by atoms with Gasteiger partial charge < -0.3 is 14.7 Å². The predicted octanol–water partition coefficient (Wildman–Crippen LogP) is 2.78. The Hall–Kier alpha value is -1.76. The Kier molecular flexibility index (Phi) is 5.19. The van der Waals surface area contributed by atoms with Gasteiger partial charge in [0.05, 0.1) is 7.11 Å². The highest BCUT2D eigenvalue weighted by molar-refractivity contribution is 5.94. The molecule has 0 bridgehead atoms. The molecule has 0 aromatic heterocycles. The van der Waals surface area contributed by atoms with Crippen LogP contribution in [0.5, 0.6) is 5.75 Å². The first-order valence-electron chi connectivity index (χ1n) is 7.42. The molecular weight excluding hydrogens is 311 g/mol. The largest absolute Gasteiger partial charge is 0.496 e. The number of methoxy groups -OCH3 is 1. The van der Waals surface area contributed by atoms with E-state index in [0.29, 0.717) is 11.3 Å². The van der Waals surface area contributed by atoms with Gasteiger partial charge in [0.2, 0.25) is 0 Å². The molecule has 1 fully saturated rings. The van der Waals surface area contributed by atoms with Crippen molar-refractivity contribution in [3.05, 3.63) is 29.3 Å². The number of rotatable bonds is 3. The van der Waals surface area contributed by atoms with Gasteiger partial charge in [-0.15, -0.1) is 0 Å². The van der Waals surface area contributed by atoms with Crippen LogP contribution < -0.4 is 4.74 Å². The molecule has 1 amide bonds. The average Bonchev–Trinajstić information content (AvgIpc) is 2.53. The predicted molar refractivity (Wildman–Crippen MR) is 78.4 cm³/mol. The Morgan fingerprint density at radius 2 is 1.96 bits per heavy atom. The number of carbonyl (C=O) groups excluding carboxylic acids is 1. The average molecular weight is 331 g/mol. The molecule has 1 N–H and O–H groups in total. The van der Waals surface area contributed by atoms with Crippen LogP contribution in [0.15, 0.2) is 18.2 Å². The van der Waals surface area contributed by atoms with Crippen LogP contribution in [0.2, 0.25) is 0 Å². The van der Waals surface area contributed by atoms with Crippen molar-refractivity contribution in [2.75, 3.05) is 20.2 Å². The zero-order valence-corrected chi connectivity index (χ0v) is 13.1. The van der Waals surface area contributed by atoms with E-state index in [2.05, 4.69) is 0 Å². The van der Waals surface area contributed by atoms with Gasteiger partial charge in [-0.2, -0.15) is 13.2 Å². The second-order valence-electron chi connectivity index (χ2n) is 5.80. The summed E-state index contributed by atoms with van der Waals surface area (Å²) in [6, 6.07) is 5.08. The molecule has 0 radical (unpaired) electrons. The van der Waals surface area contributed by atoms with Gasteiger partial charge in [-0.3, -0.25) is 4.79 Å². The summed E-state index contributed by atoms with van der Waals surface area (Å²) in [4.78, 5) is 14.0. The molecular formula is C16H20F3NO3. The van der Waals surface area contributed by atoms with Gasteiger partial charge in [-0.05, 0) is 43.4 Å². The van der Waals surface area contributed by atoms with Gasteiger partial charge >= 0.3 is 6.18 Å². The quantitative estimate of drug-likeness (QED) is 0.927. The minimum atomic E-state index is -4.61. The molecule has 1 heterocycles. The third-order valence-corrected chi connectivity index (χ3v) is 4.26. The van der Waals surface area contributed by atoms with E-state index in [4.69, 9.17) is 4.74 Å². The number of halogens is 3. The molecule has 1 unspecified atom stereocenters. The number of carbonyl (C=O) groups is 1. The lowest BCUT2D eigenvalue weighted by Crippen LogP contribution is -2.45. The smallest absolute Gasteiger partial charge is 0.414 e. The van der Waals surface area contributed by atoms with Gasteiger partial charge in [-0.1, -0.05) is 6.07 Å². The van der Waals surface area contributed by atoms with Gasteiger partial charge in [0, 0.05) is 18.7 Å². The Morgan fingerprint density at radius 1 is 1.35 bits per heavy atom. The second kappa shape index (κ2) is 6.78. The highest BCUT2D eigenvalue weighted by atomic mass is 19.4. The first-order valence-corrected chi connectivity index (χ1v) is 7.42. The maximum absolute atomic E-state index is 12.5. The van der Waals surface area contributed by atoms with Crippen molar-refractivity contribution in [3.63, 3.8) is 0 Å². The molecule has 1 aliphatic rings. The molecule has 1 atom stereocenters. The first-order chi connectivity index (χ1) is 10.7. The number of aryl methyl sites for hydroxylation is 1. The number of aliphatic hydroxyl groups excluding tert-OH is 1. The summed E-state index contributed by atoms with van der Waals surface area (Å²) in [5, 5.41) is 9.31. The molecule has 1 aromatic rings. The third kappa shape index (κ3) is 3.96. The summed E-state index contributed by atoms with van der Waals surface area (Å²) in [6.07, 6.45) is -6.66. The summed E-state index contributed by atoms with van der Waals surface area (Å²) in [6.45, 7) is 2.26. The molecule has 128 valence electrons. The van der Waals surface area contributed by atoms with E-state index in [1.54, 1.807) is 18.2 Å². The number of hydrogen-bond donors (Lipinski definition) is 1. The van der Waals surface area contributed by atoms with E-state index in [0.717, 1.165) is 5.56 Å². The molecule has 0 aliphatic carbocycles. The lowest BCUT2D eigenvalue weighted by molar-refractivity contribution is -0.222. The third-order valence-electron chi connectivity index (χ3n) is 4.26. The van der Waals surface area contributed by atoms with E-state index in [1.165, 1.54) is 12.0 Å².